The monoisotopic (exact) mass is 176 g/mol. The van der Waals surface area contributed by atoms with Gasteiger partial charge in [-0.15, -0.1) is 0 Å². The minimum Gasteiger partial charge on any atom is -0.0858 e. The molecule has 0 aliphatic heterocycles. The zero-order chi connectivity index (χ0) is 9.05. The first-order valence-electron chi connectivity index (χ1n) is 6.18. The third-order valence-corrected chi connectivity index (χ3v) is 5.31. The van der Waals surface area contributed by atoms with Crippen LogP contribution in [0, 0.1) is 17.8 Å². The fraction of sp³-hybridized carbons (Fsp3) is 1.00. The molecule has 0 atom stereocenters. The Morgan fingerprint density at radius 2 is 1.23 bits per heavy atom. The van der Waals surface area contributed by atoms with Crippen LogP contribution in [-0.2, 0) is 0 Å². The van der Waals surface area contributed by atoms with Gasteiger partial charge in [0.2, 0.25) is 0 Å². The van der Waals surface area contributed by atoms with Crippen molar-refractivity contribution in [2.24, 2.45) is 17.8 Å². The molecule has 0 N–H and O–H groups in total. The predicted molar refractivity (Wildman–Crippen MR) is 58.3 cm³/mol. The largest absolute Gasteiger partial charge is 0.140 e. The van der Waals surface area contributed by atoms with E-state index in [0.717, 1.165) is 29.8 Å². The van der Waals surface area contributed by atoms with Crippen molar-refractivity contribution < 1.29 is 0 Å². The lowest BCUT2D eigenvalue weighted by Crippen LogP contribution is -2.47. The van der Waals surface area contributed by atoms with Gasteiger partial charge >= 0.3 is 0 Å². The van der Waals surface area contributed by atoms with Gasteiger partial charge in [-0.3, -0.25) is 0 Å². The van der Waals surface area contributed by atoms with Crippen molar-refractivity contribution in [2.45, 2.75) is 57.5 Å². The summed E-state index contributed by atoms with van der Waals surface area (Å²) in [4.78, 5) is 0. The van der Waals surface area contributed by atoms with E-state index in [1.807, 2.05) is 0 Å². The molecule has 0 aromatic rings. The summed E-state index contributed by atoms with van der Waals surface area (Å²) in [6.45, 7) is 5.88. The summed E-state index contributed by atoms with van der Waals surface area (Å²) in [5, 5.41) is 0.800. The Bertz CT molecular complexity index is 184. The first-order chi connectivity index (χ1) is 6.18. The normalized spacial score (nSPS) is 52.6. The van der Waals surface area contributed by atoms with Gasteiger partial charge in [-0.1, -0.05) is 38.2 Å². The quantitative estimate of drug-likeness (QED) is 0.534. The van der Waals surface area contributed by atoms with Crippen LogP contribution >= 0.6 is 0 Å². The summed E-state index contributed by atoms with van der Waals surface area (Å²) in [5.74, 6) is 3.40. The van der Waals surface area contributed by atoms with Crippen LogP contribution in [0.1, 0.15) is 38.5 Å². The van der Waals surface area contributed by atoms with Gasteiger partial charge in [0.15, 0.2) is 0 Å². The van der Waals surface area contributed by atoms with Crippen molar-refractivity contribution in [1.29, 1.82) is 0 Å². The highest BCUT2D eigenvalue weighted by molar-refractivity contribution is 6.59. The molecule has 0 heterocycles. The number of hydrogen-bond donors (Lipinski definition) is 0. The molecule has 0 aromatic heterocycles. The maximum atomic E-state index is 2.47. The first-order valence-corrected chi connectivity index (χ1v) is 6.18. The maximum Gasteiger partial charge on any atom is 0.140 e. The molecular formula is C12H21B. The average Bonchev–Trinajstić information content (AvgIpc) is 2.00. The maximum absolute atomic E-state index is 2.47. The van der Waals surface area contributed by atoms with Gasteiger partial charge in [0, 0.05) is 0 Å². The van der Waals surface area contributed by atoms with E-state index < -0.39 is 0 Å². The second kappa shape index (κ2) is 2.55. The SMILES string of the molecule is CB(C)C12CC3CC(CC(C3)C1)C2. The van der Waals surface area contributed by atoms with Gasteiger partial charge < -0.3 is 0 Å². The van der Waals surface area contributed by atoms with Gasteiger partial charge in [-0.05, 0) is 37.0 Å². The summed E-state index contributed by atoms with van der Waals surface area (Å²) in [6.07, 6.45) is 9.51. The Morgan fingerprint density at radius 3 is 1.54 bits per heavy atom. The minimum absolute atomic E-state index is 0.800. The molecular weight excluding hydrogens is 155 g/mol. The van der Waals surface area contributed by atoms with E-state index in [1.54, 1.807) is 38.5 Å². The molecule has 13 heavy (non-hydrogen) atoms. The second-order valence-electron chi connectivity index (χ2n) is 6.43. The molecule has 4 fully saturated rings. The van der Waals surface area contributed by atoms with Crippen LogP contribution in [0.15, 0.2) is 0 Å². The molecule has 0 nitrogen and oxygen atoms in total. The number of rotatable bonds is 1. The van der Waals surface area contributed by atoms with E-state index in [4.69, 9.17) is 0 Å². The molecule has 0 saturated heterocycles. The fourth-order valence-corrected chi connectivity index (χ4v) is 4.88. The highest BCUT2D eigenvalue weighted by Crippen LogP contribution is 2.65. The van der Waals surface area contributed by atoms with Crippen molar-refractivity contribution in [3.63, 3.8) is 0 Å². The molecule has 0 aromatic carbocycles. The fourth-order valence-electron chi connectivity index (χ4n) is 4.88. The smallest absolute Gasteiger partial charge is 0.0858 e. The molecule has 4 bridgehead atoms. The molecule has 72 valence electrons. The van der Waals surface area contributed by atoms with Crippen LogP contribution in [-0.4, -0.2) is 6.71 Å². The molecule has 1 heteroatoms. The topological polar surface area (TPSA) is 0 Å². The van der Waals surface area contributed by atoms with Crippen LogP contribution in [0.5, 0.6) is 0 Å². The average molecular weight is 176 g/mol. The first kappa shape index (κ1) is 8.38. The Kier molecular flexibility index (Phi) is 1.64. The molecule has 0 radical (unpaired) electrons. The number of hydrogen-bond acceptors (Lipinski definition) is 0. The van der Waals surface area contributed by atoms with Crippen molar-refractivity contribution in [1.82, 2.24) is 0 Å². The van der Waals surface area contributed by atoms with Crippen LogP contribution in [0.3, 0.4) is 0 Å². The van der Waals surface area contributed by atoms with E-state index in [0.29, 0.717) is 0 Å². The van der Waals surface area contributed by atoms with Gasteiger partial charge in [-0.2, -0.15) is 0 Å². The van der Waals surface area contributed by atoms with Gasteiger partial charge in [0.25, 0.3) is 0 Å². The predicted octanol–water partition coefficient (Wildman–Crippen LogP) is 3.71. The van der Waals surface area contributed by atoms with Crippen molar-refractivity contribution in [3.8, 4) is 0 Å². The summed E-state index contributed by atoms with van der Waals surface area (Å²) >= 11 is 0. The molecule has 4 rings (SSSR count). The van der Waals surface area contributed by atoms with Crippen molar-refractivity contribution >= 4 is 6.71 Å². The lowest BCUT2D eigenvalue weighted by molar-refractivity contribution is 0.0271. The molecule has 0 amide bonds. The lowest BCUT2D eigenvalue weighted by atomic mass is 9.27. The van der Waals surface area contributed by atoms with E-state index in [2.05, 4.69) is 13.6 Å². The van der Waals surface area contributed by atoms with Crippen LogP contribution in [0.2, 0.25) is 19.0 Å². The lowest BCUT2D eigenvalue weighted by Gasteiger charge is -2.58. The minimum atomic E-state index is 0.800. The molecule has 4 saturated carbocycles. The third-order valence-electron chi connectivity index (χ3n) is 5.31. The van der Waals surface area contributed by atoms with Crippen molar-refractivity contribution in [3.05, 3.63) is 0 Å². The highest BCUT2D eigenvalue weighted by atomic mass is 14.5. The Balaban J connectivity index is 1.91. The molecule has 0 unspecified atom stereocenters. The third kappa shape index (κ3) is 1.12. The zero-order valence-electron chi connectivity index (χ0n) is 9.05. The summed E-state index contributed by atoms with van der Waals surface area (Å²) in [6, 6.07) is 0. The Hall–Kier alpha value is 0.0649. The van der Waals surface area contributed by atoms with E-state index in [9.17, 15) is 0 Å². The highest BCUT2D eigenvalue weighted by Gasteiger charge is 2.52. The van der Waals surface area contributed by atoms with Crippen LogP contribution < -0.4 is 0 Å². The van der Waals surface area contributed by atoms with E-state index in [1.165, 1.54) is 0 Å². The summed E-state index contributed by atoms with van der Waals surface area (Å²) in [5.41, 5.74) is 0. The van der Waals surface area contributed by atoms with E-state index in [-0.39, 0.29) is 0 Å². The summed E-state index contributed by atoms with van der Waals surface area (Å²) in [7, 11) is 0. The Labute approximate surface area is 82.6 Å². The van der Waals surface area contributed by atoms with Crippen molar-refractivity contribution in [2.75, 3.05) is 0 Å². The van der Waals surface area contributed by atoms with Crippen LogP contribution in [0.25, 0.3) is 0 Å². The van der Waals surface area contributed by atoms with Gasteiger partial charge in [-0.25, -0.2) is 0 Å². The standard InChI is InChI=1S/C12H21B/c1-13(2)12-6-9-3-10(7-12)5-11(4-9)8-12/h9-11H,3-8H2,1-2H3. The second-order valence-corrected chi connectivity index (χ2v) is 6.43. The van der Waals surface area contributed by atoms with Gasteiger partial charge in [0.1, 0.15) is 6.71 Å². The van der Waals surface area contributed by atoms with Crippen LogP contribution in [0.4, 0.5) is 0 Å². The molecule has 4 aliphatic carbocycles. The van der Waals surface area contributed by atoms with E-state index >= 15 is 0 Å². The molecule has 0 spiro atoms. The van der Waals surface area contributed by atoms with Gasteiger partial charge in [0.05, 0.1) is 0 Å². The summed E-state index contributed by atoms with van der Waals surface area (Å²) < 4.78 is 0. The molecule has 4 aliphatic rings. The Morgan fingerprint density at radius 1 is 0.846 bits per heavy atom. The zero-order valence-corrected chi connectivity index (χ0v) is 9.05.